The van der Waals surface area contributed by atoms with E-state index in [0.29, 0.717) is 0 Å². The number of benzene rings is 2. The van der Waals surface area contributed by atoms with Gasteiger partial charge in [0.15, 0.2) is 0 Å². The lowest BCUT2D eigenvalue weighted by Gasteiger charge is -2.18. The van der Waals surface area contributed by atoms with Crippen molar-refractivity contribution in [3.63, 3.8) is 0 Å². The van der Waals surface area contributed by atoms with Gasteiger partial charge in [-0.15, -0.1) is 0 Å². The van der Waals surface area contributed by atoms with E-state index in [1.165, 1.54) is 0 Å². The lowest BCUT2D eigenvalue weighted by Crippen LogP contribution is -2.48. The highest BCUT2D eigenvalue weighted by Gasteiger charge is 2.29. The number of carbonyl (C=O) groups excluding carboxylic acids is 2. The molecular formula is C22H24N2O5. The lowest BCUT2D eigenvalue weighted by atomic mass is 9.98. The molecule has 1 aliphatic rings. The molecule has 2 aromatic carbocycles. The number of hydrogen-bond acceptors (Lipinski definition) is 4. The van der Waals surface area contributed by atoms with Gasteiger partial charge in [-0.25, -0.2) is 9.59 Å². The standard InChI is InChI=1S/C22H24N2O5/c1-13(2)20(21(26)27)24-19(25)11-23-22(28)29-12-18-16-9-5-3-7-14(16)15-8-4-6-10-17(15)18/h3-10,13,18,20H,11-12H2,1-2H3,(H,23,28)(H,24,25)(H,26,27)/t20-/m1/s1. The molecular weight excluding hydrogens is 372 g/mol. The Labute approximate surface area is 169 Å². The van der Waals surface area contributed by atoms with Crippen molar-refractivity contribution < 1.29 is 24.2 Å². The molecule has 0 heterocycles. The molecule has 0 aromatic heterocycles. The molecule has 2 amide bonds. The maximum absolute atomic E-state index is 12.1. The van der Waals surface area contributed by atoms with Crippen LogP contribution in [-0.2, 0) is 14.3 Å². The molecule has 29 heavy (non-hydrogen) atoms. The van der Waals surface area contributed by atoms with Crippen LogP contribution in [0.25, 0.3) is 11.1 Å². The topological polar surface area (TPSA) is 105 Å². The molecule has 1 atom stereocenters. The summed E-state index contributed by atoms with van der Waals surface area (Å²) in [7, 11) is 0. The second-order valence-corrected chi connectivity index (χ2v) is 7.31. The number of alkyl carbamates (subject to hydrolysis) is 1. The van der Waals surface area contributed by atoms with Crippen molar-refractivity contribution >= 4 is 18.0 Å². The Morgan fingerprint density at radius 3 is 2.07 bits per heavy atom. The van der Waals surface area contributed by atoms with Crippen LogP contribution in [0.5, 0.6) is 0 Å². The number of fused-ring (bicyclic) bond motifs is 3. The number of hydrogen-bond donors (Lipinski definition) is 3. The summed E-state index contributed by atoms with van der Waals surface area (Å²) in [5.74, 6) is -2.04. The van der Waals surface area contributed by atoms with Crippen molar-refractivity contribution in [1.29, 1.82) is 0 Å². The molecule has 0 spiro atoms. The van der Waals surface area contributed by atoms with Crippen LogP contribution < -0.4 is 10.6 Å². The Kier molecular flexibility index (Phi) is 6.16. The molecule has 0 saturated carbocycles. The Bertz CT molecular complexity index is 879. The fraction of sp³-hybridized carbons (Fsp3) is 0.318. The van der Waals surface area contributed by atoms with E-state index in [4.69, 9.17) is 9.84 Å². The molecule has 3 rings (SSSR count). The summed E-state index contributed by atoms with van der Waals surface area (Å²) < 4.78 is 5.34. The number of amides is 2. The zero-order chi connectivity index (χ0) is 21.0. The first-order chi connectivity index (χ1) is 13.9. The third-order valence-corrected chi connectivity index (χ3v) is 4.99. The average Bonchev–Trinajstić information content (AvgIpc) is 3.02. The van der Waals surface area contributed by atoms with E-state index in [9.17, 15) is 14.4 Å². The second-order valence-electron chi connectivity index (χ2n) is 7.31. The third-order valence-electron chi connectivity index (χ3n) is 4.99. The number of carboxylic acid groups (broad SMARTS) is 1. The molecule has 0 fully saturated rings. The summed E-state index contributed by atoms with van der Waals surface area (Å²) >= 11 is 0. The zero-order valence-electron chi connectivity index (χ0n) is 16.3. The summed E-state index contributed by atoms with van der Waals surface area (Å²) in [5, 5.41) is 13.9. The molecule has 0 unspecified atom stereocenters. The van der Waals surface area contributed by atoms with Crippen LogP contribution in [0.2, 0.25) is 0 Å². The van der Waals surface area contributed by atoms with Crippen molar-refractivity contribution in [2.24, 2.45) is 5.92 Å². The lowest BCUT2D eigenvalue weighted by molar-refractivity contribution is -0.142. The zero-order valence-corrected chi connectivity index (χ0v) is 16.3. The van der Waals surface area contributed by atoms with Crippen LogP contribution in [-0.4, -0.2) is 42.3 Å². The van der Waals surface area contributed by atoms with Crippen molar-refractivity contribution in [3.05, 3.63) is 59.7 Å². The van der Waals surface area contributed by atoms with Gasteiger partial charge in [0.25, 0.3) is 0 Å². The molecule has 7 nitrogen and oxygen atoms in total. The van der Waals surface area contributed by atoms with E-state index < -0.39 is 24.0 Å². The van der Waals surface area contributed by atoms with Crippen LogP contribution in [0, 0.1) is 5.92 Å². The molecule has 7 heteroatoms. The van der Waals surface area contributed by atoms with E-state index in [0.717, 1.165) is 22.3 Å². The summed E-state index contributed by atoms with van der Waals surface area (Å²) in [4.78, 5) is 35.1. The highest BCUT2D eigenvalue weighted by atomic mass is 16.5. The van der Waals surface area contributed by atoms with Gasteiger partial charge >= 0.3 is 12.1 Å². The monoisotopic (exact) mass is 396 g/mol. The SMILES string of the molecule is CC(C)[C@@H](NC(=O)CNC(=O)OCC1c2ccccc2-c2ccccc21)C(=O)O. The molecule has 0 radical (unpaired) electrons. The molecule has 0 bridgehead atoms. The van der Waals surface area contributed by atoms with Gasteiger partial charge in [-0.2, -0.15) is 0 Å². The number of ether oxygens (including phenoxy) is 1. The molecule has 0 saturated heterocycles. The van der Waals surface area contributed by atoms with E-state index in [1.54, 1.807) is 13.8 Å². The van der Waals surface area contributed by atoms with Gasteiger partial charge in [-0.05, 0) is 28.2 Å². The van der Waals surface area contributed by atoms with E-state index in [-0.39, 0.29) is 25.0 Å². The van der Waals surface area contributed by atoms with Crippen molar-refractivity contribution in [1.82, 2.24) is 10.6 Å². The summed E-state index contributed by atoms with van der Waals surface area (Å²) in [6, 6.07) is 15.0. The Hall–Kier alpha value is -3.35. The Morgan fingerprint density at radius 2 is 1.55 bits per heavy atom. The average molecular weight is 396 g/mol. The quantitative estimate of drug-likeness (QED) is 0.668. The second kappa shape index (κ2) is 8.77. The van der Waals surface area contributed by atoms with Crippen LogP contribution >= 0.6 is 0 Å². The predicted molar refractivity (Wildman–Crippen MR) is 107 cm³/mol. The fourth-order valence-electron chi connectivity index (χ4n) is 3.54. The number of aliphatic carboxylic acids is 1. The van der Waals surface area contributed by atoms with Crippen molar-refractivity contribution in [3.8, 4) is 11.1 Å². The first-order valence-electron chi connectivity index (χ1n) is 9.49. The molecule has 2 aromatic rings. The van der Waals surface area contributed by atoms with Gasteiger partial charge in [0.05, 0.1) is 0 Å². The van der Waals surface area contributed by atoms with Gasteiger partial charge in [0.1, 0.15) is 19.2 Å². The summed E-state index contributed by atoms with van der Waals surface area (Å²) in [6.45, 7) is 3.18. The van der Waals surface area contributed by atoms with Crippen LogP contribution in [0.3, 0.4) is 0 Å². The molecule has 152 valence electrons. The number of carboxylic acids is 1. The predicted octanol–water partition coefficient (Wildman–Crippen LogP) is 2.75. The number of nitrogens with one attached hydrogen (secondary N) is 2. The highest BCUT2D eigenvalue weighted by molar-refractivity contribution is 5.86. The minimum Gasteiger partial charge on any atom is -0.480 e. The summed E-state index contributed by atoms with van der Waals surface area (Å²) in [5.41, 5.74) is 4.45. The molecule has 0 aliphatic heterocycles. The van der Waals surface area contributed by atoms with E-state index >= 15 is 0 Å². The highest BCUT2D eigenvalue weighted by Crippen LogP contribution is 2.44. The Balaban J connectivity index is 1.55. The van der Waals surface area contributed by atoms with Gasteiger partial charge in [-0.3, -0.25) is 4.79 Å². The van der Waals surface area contributed by atoms with E-state index in [1.807, 2.05) is 48.5 Å². The van der Waals surface area contributed by atoms with Crippen LogP contribution in [0.1, 0.15) is 30.9 Å². The first-order valence-corrected chi connectivity index (χ1v) is 9.49. The number of carbonyl (C=O) groups is 3. The van der Waals surface area contributed by atoms with Crippen molar-refractivity contribution in [2.75, 3.05) is 13.2 Å². The Morgan fingerprint density at radius 1 is 1.00 bits per heavy atom. The van der Waals surface area contributed by atoms with E-state index in [2.05, 4.69) is 10.6 Å². The van der Waals surface area contributed by atoms with Crippen LogP contribution in [0.15, 0.2) is 48.5 Å². The minimum absolute atomic E-state index is 0.0701. The van der Waals surface area contributed by atoms with Crippen molar-refractivity contribution in [2.45, 2.75) is 25.8 Å². The molecule has 3 N–H and O–H groups in total. The minimum atomic E-state index is -1.12. The number of rotatable bonds is 7. The smallest absolute Gasteiger partial charge is 0.407 e. The van der Waals surface area contributed by atoms with Gasteiger partial charge in [0.2, 0.25) is 5.91 Å². The van der Waals surface area contributed by atoms with Crippen LogP contribution in [0.4, 0.5) is 4.79 Å². The fourth-order valence-corrected chi connectivity index (χ4v) is 3.54. The maximum Gasteiger partial charge on any atom is 0.407 e. The third kappa shape index (κ3) is 4.56. The van der Waals surface area contributed by atoms with Gasteiger partial charge in [-0.1, -0.05) is 62.4 Å². The summed E-state index contributed by atoms with van der Waals surface area (Å²) in [6.07, 6.45) is -0.724. The largest absolute Gasteiger partial charge is 0.480 e. The first kappa shape index (κ1) is 20.4. The maximum atomic E-state index is 12.1. The normalized spacial score (nSPS) is 13.3. The molecule has 1 aliphatic carbocycles. The van der Waals surface area contributed by atoms with Gasteiger partial charge < -0.3 is 20.5 Å². The van der Waals surface area contributed by atoms with Gasteiger partial charge in [0, 0.05) is 5.92 Å².